The van der Waals surface area contributed by atoms with Gasteiger partial charge in [0.15, 0.2) is 0 Å². The average molecular weight is 258 g/mol. The smallest absolute Gasteiger partial charge is 0.121 e. The number of aryl methyl sites for hydroxylation is 1. The van der Waals surface area contributed by atoms with Crippen LogP contribution in [-0.2, 0) is 7.05 Å². The van der Waals surface area contributed by atoms with Gasteiger partial charge < -0.3 is 5.73 Å². The topological polar surface area (TPSA) is 43.8 Å². The first kappa shape index (κ1) is 8.77. The Hall–Kier alpha value is -0.810. The second-order valence-electron chi connectivity index (χ2n) is 2.71. The van der Waals surface area contributed by atoms with Gasteiger partial charge in [-0.2, -0.15) is 16.4 Å². The lowest BCUT2D eigenvalue weighted by Gasteiger charge is -1.91. The molecular formula is C8H8BrN3S. The lowest BCUT2D eigenvalue weighted by atomic mass is 10.2. The van der Waals surface area contributed by atoms with Crippen molar-refractivity contribution in [2.75, 3.05) is 5.73 Å². The van der Waals surface area contributed by atoms with E-state index in [-0.39, 0.29) is 0 Å². The first-order chi connectivity index (χ1) is 6.18. The molecule has 0 aliphatic rings. The third-order valence-electron chi connectivity index (χ3n) is 1.81. The molecule has 0 spiro atoms. The average Bonchev–Trinajstić information content (AvgIpc) is 2.60. The van der Waals surface area contributed by atoms with Crippen LogP contribution in [0, 0.1) is 0 Å². The van der Waals surface area contributed by atoms with Crippen LogP contribution >= 0.6 is 27.3 Å². The summed E-state index contributed by atoms with van der Waals surface area (Å²) in [5, 5.41) is 8.36. The number of hydrogen-bond donors (Lipinski definition) is 1. The van der Waals surface area contributed by atoms with Crippen LogP contribution in [-0.4, -0.2) is 9.78 Å². The Bertz CT molecular complexity index is 413. The highest BCUT2D eigenvalue weighted by Gasteiger charge is 2.08. The summed E-state index contributed by atoms with van der Waals surface area (Å²) in [5.74, 6) is 0.674. The Balaban J connectivity index is 2.53. The molecule has 0 aliphatic heterocycles. The number of nitrogen functional groups attached to an aromatic ring is 1. The van der Waals surface area contributed by atoms with Crippen molar-refractivity contribution in [3.8, 4) is 11.3 Å². The molecule has 3 nitrogen and oxygen atoms in total. The monoisotopic (exact) mass is 257 g/mol. The summed E-state index contributed by atoms with van der Waals surface area (Å²) in [6.45, 7) is 0. The molecule has 2 aromatic heterocycles. The number of anilines is 1. The molecule has 2 aromatic rings. The molecule has 0 saturated carbocycles. The van der Waals surface area contributed by atoms with Crippen LogP contribution in [0.15, 0.2) is 21.3 Å². The van der Waals surface area contributed by atoms with E-state index >= 15 is 0 Å². The normalized spacial score (nSPS) is 10.6. The van der Waals surface area contributed by atoms with Crippen molar-refractivity contribution in [3.63, 3.8) is 0 Å². The van der Waals surface area contributed by atoms with Gasteiger partial charge in [0, 0.05) is 33.9 Å². The summed E-state index contributed by atoms with van der Waals surface area (Å²) in [6, 6.07) is 1.87. The van der Waals surface area contributed by atoms with Gasteiger partial charge in [0.1, 0.15) is 5.82 Å². The molecule has 0 aliphatic carbocycles. The maximum absolute atomic E-state index is 5.69. The molecule has 5 heteroatoms. The highest BCUT2D eigenvalue weighted by atomic mass is 79.9. The molecule has 2 rings (SSSR count). The third kappa shape index (κ3) is 1.49. The molecule has 0 saturated heterocycles. The van der Waals surface area contributed by atoms with Crippen LogP contribution in [0.25, 0.3) is 11.3 Å². The Morgan fingerprint density at radius 1 is 1.54 bits per heavy atom. The lowest BCUT2D eigenvalue weighted by Crippen LogP contribution is -1.96. The second kappa shape index (κ2) is 3.16. The molecule has 0 unspecified atom stereocenters. The van der Waals surface area contributed by atoms with Crippen LogP contribution in [0.5, 0.6) is 0 Å². The van der Waals surface area contributed by atoms with Gasteiger partial charge in [-0.15, -0.1) is 0 Å². The second-order valence-corrected chi connectivity index (χ2v) is 4.31. The van der Waals surface area contributed by atoms with E-state index in [1.54, 1.807) is 16.0 Å². The largest absolute Gasteiger partial charge is 0.384 e. The van der Waals surface area contributed by atoms with Gasteiger partial charge in [-0.05, 0) is 15.9 Å². The van der Waals surface area contributed by atoms with E-state index in [2.05, 4.69) is 21.0 Å². The zero-order valence-corrected chi connectivity index (χ0v) is 9.39. The van der Waals surface area contributed by atoms with Crippen molar-refractivity contribution in [3.05, 3.63) is 21.3 Å². The van der Waals surface area contributed by atoms with Gasteiger partial charge in [-0.25, -0.2) is 0 Å². The quantitative estimate of drug-likeness (QED) is 0.854. The number of halogens is 1. The van der Waals surface area contributed by atoms with E-state index in [4.69, 9.17) is 5.73 Å². The highest BCUT2D eigenvalue weighted by Crippen LogP contribution is 2.31. The van der Waals surface area contributed by atoms with E-state index in [0.29, 0.717) is 5.82 Å². The van der Waals surface area contributed by atoms with Gasteiger partial charge in [-0.3, -0.25) is 4.68 Å². The zero-order chi connectivity index (χ0) is 9.42. The van der Waals surface area contributed by atoms with Crippen molar-refractivity contribution >= 4 is 33.1 Å². The molecule has 0 aromatic carbocycles. The number of hydrogen-bond acceptors (Lipinski definition) is 3. The fourth-order valence-corrected chi connectivity index (χ4v) is 2.57. The first-order valence-corrected chi connectivity index (χ1v) is 5.43. The molecule has 0 fully saturated rings. The maximum Gasteiger partial charge on any atom is 0.121 e. The van der Waals surface area contributed by atoms with Crippen LogP contribution in [0.3, 0.4) is 0 Å². The number of nitrogens with zero attached hydrogens (tertiary/aromatic N) is 2. The summed E-state index contributed by atoms with van der Waals surface area (Å²) in [6.07, 6.45) is 0. The summed E-state index contributed by atoms with van der Waals surface area (Å²) < 4.78 is 2.73. The standard InChI is InChI=1S/C8H8BrN3S/c1-12-8(10)2-7(11-12)5-3-13-4-6(5)9/h2-4H,10H2,1H3. The maximum atomic E-state index is 5.69. The van der Waals surface area contributed by atoms with E-state index in [9.17, 15) is 0 Å². The molecule has 0 radical (unpaired) electrons. The fraction of sp³-hybridized carbons (Fsp3) is 0.125. The predicted molar refractivity (Wildman–Crippen MR) is 58.6 cm³/mol. The lowest BCUT2D eigenvalue weighted by molar-refractivity contribution is 0.782. The number of nitrogens with two attached hydrogens (primary N) is 1. The van der Waals surface area contributed by atoms with E-state index in [1.807, 2.05) is 23.9 Å². The van der Waals surface area contributed by atoms with E-state index < -0.39 is 0 Å². The molecule has 0 amide bonds. The van der Waals surface area contributed by atoms with E-state index in [1.165, 1.54) is 0 Å². The third-order valence-corrected chi connectivity index (χ3v) is 3.51. The van der Waals surface area contributed by atoms with Gasteiger partial charge >= 0.3 is 0 Å². The molecule has 2 heterocycles. The number of rotatable bonds is 1. The van der Waals surface area contributed by atoms with Crippen LogP contribution in [0.1, 0.15) is 0 Å². The summed E-state index contributed by atoms with van der Waals surface area (Å²) in [7, 11) is 1.83. The van der Waals surface area contributed by atoms with E-state index in [0.717, 1.165) is 15.7 Å². The molecule has 2 N–H and O–H groups in total. The Morgan fingerprint density at radius 3 is 2.77 bits per heavy atom. The van der Waals surface area contributed by atoms with Gasteiger partial charge in [0.05, 0.1) is 5.69 Å². The minimum absolute atomic E-state index is 0.674. The number of aromatic nitrogens is 2. The summed E-state index contributed by atoms with van der Waals surface area (Å²) in [4.78, 5) is 0. The van der Waals surface area contributed by atoms with Crippen LogP contribution in [0.4, 0.5) is 5.82 Å². The number of thiophene rings is 1. The SMILES string of the molecule is Cn1nc(-c2cscc2Br)cc1N. The van der Waals surface area contributed by atoms with Crippen molar-refractivity contribution < 1.29 is 0 Å². The van der Waals surface area contributed by atoms with Crippen molar-refractivity contribution in [1.29, 1.82) is 0 Å². The minimum atomic E-state index is 0.674. The van der Waals surface area contributed by atoms with Crippen molar-refractivity contribution in [1.82, 2.24) is 9.78 Å². The van der Waals surface area contributed by atoms with Crippen molar-refractivity contribution in [2.24, 2.45) is 7.05 Å². The molecule has 68 valence electrons. The molecule has 13 heavy (non-hydrogen) atoms. The van der Waals surface area contributed by atoms with Gasteiger partial charge in [0.25, 0.3) is 0 Å². The molecule has 0 bridgehead atoms. The van der Waals surface area contributed by atoms with Gasteiger partial charge in [-0.1, -0.05) is 0 Å². The Labute approximate surface area is 88.3 Å². The predicted octanol–water partition coefficient (Wildman–Crippen LogP) is 2.49. The first-order valence-electron chi connectivity index (χ1n) is 3.70. The minimum Gasteiger partial charge on any atom is -0.384 e. The van der Waals surface area contributed by atoms with Crippen LogP contribution in [0.2, 0.25) is 0 Å². The Kier molecular flexibility index (Phi) is 2.13. The van der Waals surface area contributed by atoms with Crippen LogP contribution < -0.4 is 5.73 Å². The molecular weight excluding hydrogens is 250 g/mol. The fourth-order valence-electron chi connectivity index (χ4n) is 1.08. The zero-order valence-electron chi connectivity index (χ0n) is 6.99. The van der Waals surface area contributed by atoms with Crippen molar-refractivity contribution in [2.45, 2.75) is 0 Å². The molecule has 0 atom stereocenters. The summed E-state index contributed by atoms with van der Waals surface area (Å²) in [5.41, 5.74) is 7.69. The summed E-state index contributed by atoms with van der Waals surface area (Å²) >= 11 is 5.10. The van der Waals surface area contributed by atoms with Gasteiger partial charge in [0.2, 0.25) is 0 Å². The highest BCUT2D eigenvalue weighted by molar-refractivity contribution is 9.10. The Morgan fingerprint density at radius 2 is 2.31 bits per heavy atom.